The van der Waals surface area contributed by atoms with Crippen molar-refractivity contribution in [1.29, 1.82) is 0 Å². The fraction of sp³-hybridized carbons (Fsp3) is 0.647. The van der Waals surface area contributed by atoms with Gasteiger partial charge in [0.25, 0.3) is 0 Å². The van der Waals surface area contributed by atoms with Crippen LogP contribution in [-0.2, 0) is 6.42 Å². The summed E-state index contributed by atoms with van der Waals surface area (Å²) in [5.41, 5.74) is 8.76. The summed E-state index contributed by atoms with van der Waals surface area (Å²) >= 11 is 0. The molecule has 1 aromatic rings. The zero-order valence-electron chi connectivity index (χ0n) is 13.2. The van der Waals surface area contributed by atoms with Gasteiger partial charge in [0.1, 0.15) is 0 Å². The van der Waals surface area contributed by atoms with Crippen molar-refractivity contribution in [2.24, 2.45) is 11.7 Å². The van der Waals surface area contributed by atoms with Crippen molar-refractivity contribution >= 4 is 0 Å². The maximum Gasteiger partial charge on any atom is 0.0467 e. The number of likely N-dealkylation sites (N-methyl/N-ethyl adjacent to an activating group) is 1. The molecule has 1 saturated heterocycles. The van der Waals surface area contributed by atoms with Crippen LogP contribution in [-0.4, -0.2) is 50.1 Å². The Kier molecular flexibility index (Phi) is 5.58. The first kappa shape index (κ1) is 15.5. The van der Waals surface area contributed by atoms with E-state index in [4.69, 9.17) is 5.73 Å². The highest BCUT2D eigenvalue weighted by atomic mass is 15.2. The fourth-order valence-corrected chi connectivity index (χ4v) is 3.26. The van der Waals surface area contributed by atoms with Crippen LogP contribution in [0.15, 0.2) is 24.3 Å². The quantitative estimate of drug-likeness (QED) is 0.863. The molecule has 2 atom stereocenters. The van der Waals surface area contributed by atoms with Gasteiger partial charge < -0.3 is 10.6 Å². The summed E-state index contributed by atoms with van der Waals surface area (Å²) in [6.45, 7) is 6.47. The molecule has 2 N–H and O–H groups in total. The van der Waals surface area contributed by atoms with E-state index >= 15 is 0 Å². The molecule has 112 valence electrons. The average molecular weight is 275 g/mol. The highest BCUT2D eigenvalue weighted by Crippen LogP contribution is 2.23. The van der Waals surface area contributed by atoms with Crippen LogP contribution in [0.2, 0.25) is 0 Å². The number of aryl methyl sites for hydroxylation is 1. The van der Waals surface area contributed by atoms with E-state index in [9.17, 15) is 0 Å². The van der Waals surface area contributed by atoms with E-state index in [1.165, 1.54) is 30.6 Å². The number of nitrogens with zero attached hydrogens (tertiary/aromatic N) is 2. The molecule has 1 fully saturated rings. The summed E-state index contributed by atoms with van der Waals surface area (Å²) in [6.07, 6.45) is 2.41. The molecular weight excluding hydrogens is 246 g/mol. The second-order valence-electron chi connectivity index (χ2n) is 6.20. The lowest BCUT2D eigenvalue weighted by Crippen LogP contribution is -2.35. The molecule has 0 amide bonds. The van der Waals surface area contributed by atoms with Gasteiger partial charge in [-0.1, -0.05) is 31.2 Å². The smallest absolute Gasteiger partial charge is 0.0467 e. The molecule has 0 saturated carbocycles. The molecule has 1 aromatic carbocycles. The lowest BCUT2D eigenvalue weighted by atomic mass is 10.0. The van der Waals surface area contributed by atoms with Gasteiger partial charge in [0.15, 0.2) is 0 Å². The third-order valence-corrected chi connectivity index (χ3v) is 4.56. The maximum absolute atomic E-state index is 6.03. The van der Waals surface area contributed by atoms with Gasteiger partial charge in [-0.25, -0.2) is 0 Å². The van der Waals surface area contributed by atoms with Crippen LogP contribution in [0.25, 0.3) is 0 Å². The van der Waals surface area contributed by atoms with Crippen molar-refractivity contribution in [2.75, 3.05) is 40.3 Å². The zero-order valence-corrected chi connectivity index (χ0v) is 13.2. The van der Waals surface area contributed by atoms with E-state index < -0.39 is 0 Å². The second kappa shape index (κ2) is 7.21. The van der Waals surface area contributed by atoms with Gasteiger partial charge in [-0.05, 0) is 50.5 Å². The highest BCUT2D eigenvalue weighted by molar-refractivity contribution is 5.25. The Labute approximate surface area is 123 Å². The summed E-state index contributed by atoms with van der Waals surface area (Å²) in [7, 11) is 4.42. The molecule has 2 unspecified atom stereocenters. The Balaban J connectivity index is 1.98. The van der Waals surface area contributed by atoms with Crippen molar-refractivity contribution < 1.29 is 0 Å². The van der Waals surface area contributed by atoms with Gasteiger partial charge in [0.2, 0.25) is 0 Å². The van der Waals surface area contributed by atoms with Crippen LogP contribution in [0.3, 0.4) is 0 Å². The number of nitrogens with two attached hydrogens (primary N) is 1. The van der Waals surface area contributed by atoms with Crippen LogP contribution in [0.5, 0.6) is 0 Å². The van der Waals surface area contributed by atoms with Crippen molar-refractivity contribution in [3.8, 4) is 0 Å². The maximum atomic E-state index is 6.03. The van der Waals surface area contributed by atoms with Crippen LogP contribution in [0.4, 0.5) is 0 Å². The Bertz CT molecular complexity index is 401. The summed E-state index contributed by atoms with van der Waals surface area (Å²) in [4.78, 5) is 4.86. The van der Waals surface area contributed by atoms with Crippen LogP contribution in [0, 0.1) is 5.92 Å². The molecule has 0 aliphatic carbocycles. The fourth-order valence-electron chi connectivity index (χ4n) is 3.26. The van der Waals surface area contributed by atoms with E-state index in [-0.39, 0.29) is 0 Å². The number of hydrogen-bond donors (Lipinski definition) is 1. The first-order valence-electron chi connectivity index (χ1n) is 7.81. The van der Waals surface area contributed by atoms with Gasteiger partial charge in [-0.2, -0.15) is 0 Å². The molecule has 0 spiro atoms. The minimum absolute atomic E-state index is 0.340. The molecule has 1 aliphatic heterocycles. The summed E-state index contributed by atoms with van der Waals surface area (Å²) in [5, 5.41) is 0. The van der Waals surface area contributed by atoms with Gasteiger partial charge in [0, 0.05) is 25.7 Å². The first-order valence-corrected chi connectivity index (χ1v) is 7.81. The molecule has 1 heterocycles. The minimum atomic E-state index is 0.340. The van der Waals surface area contributed by atoms with E-state index in [2.05, 4.69) is 55.1 Å². The Morgan fingerprint density at radius 3 is 2.55 bits per heavy atom. The topological polar surface area (TPSA) is 32.5 Å². The van der Waals surface area contributed by atoms with Crippen molar-refractivity contribution in [1.82, 2.24) is 9.80 Å². The molecule has 3 nitrogen and oxygen atoms in total. The molecule has 3 heteroatoms. The number of benzene rings is 1. The zero-order chi connectivity index (χ0) is 14.5. The van der Waals surface area contributed by atoms with Crippen molar-refractivity contribution in [2.45, 2.75) is 25.8 Å². The summed E-state index contributed by atoms with van der Waals surface area (Å²) < 4.78 is 0. The molecule has 0 aromatic heterocycles. The van der Waals surface area contributed by atoms with Gasteiger partial charge in [-0.15, -0.1) is 0 Å². The van der Waals surface area contributed by atoms with Crippen LogP contribution >= 0.6 is 0 Å². The third-order valence-electron chi connectivity index (χ3n) is 4.56. The van der Waals surface area contributed by atoms with Crippen LogP contribution < -0.4 is 5.73 Å². The van der Waals surface area contributed by atoms with Crippen molar-refractivity contribution in [3.05, 3.63) is 35.4 Å². The Morgan fingerprint density at radius 2 is 2.05 bits per heavy atom. The minimum Gasteiger partial charge on any atom is -0.329 e. The monoisotopic (exact) mass is 275 g/mol. The van der Waals surface area contributed by atoms with E-state index in [1.807, 2.05) is 0 Å². The lowest BCUT2D eigenvalue weighted by molar-refractivity contribution is 0.211. The summed E-state index contributed by atoms with van der Waals surface area (Å²) in [5.74, 6) is 0.786. The van der Waals surface area contributed by atoms with E-state index in [1.54, 1.807) is 0 Å². The normalized spacial score (nSPS) is 21.6. The molecule has 20 heavy (non-hydrogen) atoms. The third kappa shape index (κ3) is 3.81. The largest absolute Gasteiger partial charge is 0.329 e. The summed E-state index contributed by atoms with van der Waals surface area (Å²) in [6, 6.07) is 9.29. The van der Waals surface area contributed by atoms with Gasteiger partial charge >= 0.3 is 0 Å². The number of rotatable bonds is 6. The predicted molar refractivity (Wildman–Crippen MR) is 85.8 cm³/mol. The van der Waals surface area contributed by atoms with Crippen LogP contribution in [0.1, 0.15) is 30.5 Å². The Morgan fingerprint density at radius 1 is 1.35 bits per heavy atom. The molecular formula is C17H29N3. The van der Waals surface area contributed by atoms with Gasteiger partial charge in [-0.3, -0.25) is 4.90 Å². The molecule has 2 rings (SSSR count). The second-order valence-corrected chi connectivity index (χ2v) is 6.20. The standard InChI is InChI=1S/C17H29N3/c1-4-14-5-7-16(8-6-14)17(11-18)20(3)13-15-9-10-19(2)12-15/h5-8,15,17H,4,9-13,18H2,1-3H3. The van der Waals surface area contributed by atoms with Crippen molar-refractivity contribution in [3.63, 3.8) is 0 Å². The number of hydrogen-bond acceptors (Lipinski definition) is 3. The number of likely N-dealkylation sites (tertiary alicyclic amines) is 1. The van der Waals surface area contributed by atoms with E-state index in [0.717, 1.165) is 18.9 Å². The lowest BCUT2D eigenvalue weighted by Gasteiger charge is -2.29. The van der Waals surface area contributed by atoms with E-state index in [0.29, 0.717) is 12.6 Å². The van der Waals surface area contributed by atoms with Gasteiger partial charge in [0.05, 0.1) is 0 Å². The average Bonchev–Trinajstić information content (AvgIpc) is 2.85. The molecule has 0 bridgehead atoms. The molecule has 0 radical (unpaired) electrons. The SMILES string of the molecule is CCc1ccc(C(CN)N(C)CC2CCN(C)C2)cc1. The highest BCUT2D eigenvalue weighted by Gasteiger charge is 2.24. The molecule has 1 aliphatic rings. The Hall–Kier alpha value is -0.900. The first-order chi connectivity index (χ1) is 9.63. The predicted octanol–water partition coefficient (Wildman–Crippen LogP) is 2.13.